The number of amides is 3. The molecule has 0 fully saturated rings. The highest BCUT2D eigenvalue weighted by atomic mass is 79.9. The molecule has 1 unspecified atom stereocenters. The van der Waals surface area contributed by atoms with Crippen molar-refractivity contribution in [3.05, 3.63) is 28.7 Å². The predicted octanol–water partition coefficient (Wildman–Crippen LogP) is 0.954. The average Bonchev–Trinajstić information content (AvgIpc) is 2.37. The number of primary amides is 1. The van der Waals surface area contributed by atoms with E-state index in [-0.39, 0.29) is 6.61 Å². The van der Waals surface area contributed by atoms with Crippen LogP contribution in [0.15, 0.2) is 28.7 Å². The van der Waals surface area contributed by atoms with Gasteiger partial charge in [0, 0.05) is 4.47 Å². The molecule has 0 heterocycles. The molecule has 0 saturated carbocycles. The van der Waals surface area contributed by atoms with E-state index in [4.69, 9.17) is 15.2 Å². The summed E-state index contributed by atoms with van der Waals surface area (Å²) in [6.07, 6.45) is -1.14. The number of nitrogens with one attached hydrogen (secondary N) is 1. The molecule has 1 rings (SSSR count). The molecule has 0 spiro atoms. The number of benzene rings is 1. The maximum atomic E-state index is 11.4. The lowest BCUT2D eigenvalue weighted by Crippen LogP contribution is -2.42. The number of nitrogens with two attached hydrogens (primary N) is 1. The summed E-state index contributed by atoms with van der Waals surface area (Å²) in [4.78, 5) is 33.2. The van der Waals surface area contributed by atoms with Gasteiger partial charge in [-0.3, -0.25) is 10.1 Å². The Morgan fingerprint density at radius 3 is 2.45 bits per heavy atom. The van der Waals surface area contributed by atoms with E-state index in [0.717, 1.165) is 4.47 Å². The molecule has 1 aromatic rings. The van der Waals surface area contributed by atoms with Gasteiger partial charge in [0.05, 0.1) is 0 Å². The fourth-order valence-electron chi connectivity index (χ4n) is 1.18. The number of hydrogen-bond donors (Lipinski definition) is 2. The van der Waals surface area contributed by atoms with Crippen molar-refractivity contribution < 1.29 is 23.9 Å². The third-order valence-electron chi connectivity index (χ3n) is 2.09. The summed E-state index contributed by atoms with van der Waals surface area (Å²) in [6, 6.07) is 5.83. The molecule has 0 bridgehead atoms. The quantitative estimate of drug-likeness (QED) is 0.773. The van der Waals surface area contributed by atoms with Gasteiger partial charge in [0.15, 0.2) is 12.7 Å². The molecular formula is C12H13BrN2O5. The second kappa shape index (κ2) is 7.49. The molecular weight excluding hydrogens is 332 g/mol. The minimum absolute atomic E-state index is 0.351. The molecule has 3 amide bonds. The summed E-state index contributed by atoms with van der Waals surface area (Å²) in [7, 11) is 0. The molecule has 0 radical (unpaired) electrons. The lowest BCUT2D eigenvalue weighted by atomic mass is 10.3. The van der Waals surface area contributed by atoms with E-state index < -0.39 is 24.0 Å². The SMILES string of the molecule is CC(OC(=O)COc1ccc(Br)cc1)C(=O)NC(N)=O. The van der Waals surface area contributed by atoms with Crippen LogP contribution in [0.5, 0.6) is 5.75 Å². The van der Waals surface area contributed by atoms with Gasteiger partial charge in [-0.25, -0.2) is 9.59 Å². The second-order valence-corrected chi connectivity index (χ2v) is 4.64. The first-order valence-electron chi connectivity index (χ1n) is 5.56. The normalized spacial score (nSPS) is 11.3. The number of halogens is 1. The fraction of sp³-hybridized carbons (Fsp3) is 0.250. The van der Waals surface area contributed by atoms with Crippen LogP contribution in [-0.2, 0) is 14.3 Å². The van der Waals surface area contributed by atoms with Crippen molar-refractivity contribution in [3.8, 4) is 5.75 Å². The third kappa shape index (κ3) is 5.70. The molecule has 108 valence electrons. The highest BCUT2D eigenvalue weighted by molar-refractivity contribution is 9.10. The van der Waals surface area contributed by atoms with Gasteiger partial charge in [-0.15, -0.1) is 0 Å². The molecule has 8 heteroatoms. The van der Waals surface area contributed by atoms with Gasteiger partial charge in [0.2, 0.25) is 0 Å². The lowest BCUT2D eigenvalue weighted by Gasteiger charge is -2.12. The molecule has 0 aliphatic rings. The van der Waals surface area contributed by atoms with Crippen LogP contribution in [-0.4, -0.2) is 30.6 Å². The zero-order valence-electron chi connectivity index (χ0n) is 10.6. The van der Waals surface area contributed by atoms with Crippen molar-refractivity contribution in [2.45, 2.75) is 13.0 Å². The number of ether oxygens (including phenoxy) is 2. The van der Waals surface area contributed by atoms with Crippen molar-refractivity contribution >= 4 is 33.8 Å². The molecule has 0 aromatic heterocycles. The topological polar surface area (TPSA) is 108 Å². The van der Waals surface area contributed by atoms with E-state index in [1.807, 2.05) is 0 Å². The number of urea groups is 1. The van der Waals surface area contributed by atoms with Crippen LogP contribution < -0.4 is 15.8 Å². The monoisotopic (exact) mass is 344 g/mol. The minimum Gasteiger partial charge on any atom is -0.482 e. The smallest absolute Gasteiger partial charge is 0.344 e. The molecule has 0 aliphatic heterocycles. The number of carbonyl (C=O) groups excluding carboxylic acids is 3. The van der Waals surface area contributed by atoms with Crippen molar-refractivity contribution in [2.75, 3.05) is 6.61 Å². The zero-order chi connectivity index (χ0) is 15.1. The van der Waals surface area contributed by atoms with Crippen LogP contribution in [0.2, 0.25) is 0 Å². The Hall–Kier alpha value is -2.09. The highest BCUT2D eigenvalue weighted by Gasteiger charge is 2.19. The Morgan fingerprint density at radius 1 is 1.30 bits per heavy atom. The Bertz CT molecular complexity index is 503. The van der Waals surface area contributed by atoms with Gasteiger partial charge in [-0.05, 0) is 31.2 Å². The first-order valence-corrected chi connectivity index (χ1v) is 6.36. The molecule has 1 aromatic carbocycles. The van der Waals surface area contributed by atoms with Crippen LogP contribution in [0.25, 0.3) is 0 Å². The number of rotatable bonds is 5. The van der Waals surface area contributed by atoms with Gasteiger partial charge in [0.25, 0.3) is 5.91 Å². The van der Waals surface area contributed by atoms with Crippen molar-refractivity contribution in [3.63, 3.8) is 0 Å². The van der Waals surface area contributed by atoms with Crippen molar-refractivity contribution in [2.24, 2.45) is 5.73 Å². The van der Waals surface area contributed by atoms with Crippen LogP contribution >= 0.6 is 15.9 Å². The van der Waals surface area contributed by atoms with Gasteiger partial charge in [-0.2, -0.15) is 0 Å². The highest BCUT2D eigenvalue weighted by Crippen LogP contribution is 2.15. The Kier molecular flexibility index (Phi) is 5.98. The minimum atomic E-state index is -1.14. The Morgan fingerprint density at radius 2 is 1.90 bits per heavy atom. The van der Waals surface area contributed by atoms with E-state index in [0.29, 0.717) is 5.75 Å². The van der Waals surface area contributed by atoms with E-state index >= 15 is 0 Å². The first kappa shape index (κ1) is 16.0. The van der Waals surface area contributed by atoms with Crippen LogP contribution in [0.4, 0.5) is 4.79 Å². The molecule has 0 aliphatic carbocycles. The zero-order valence-corrected chi connectivity index (χ0v) is 12.2. The predicted molar refractivity (Wildman–Crippen MR) is 72.9 cm³/mol. The van der Waals surface area contributed by atoms with Crippen LogP contribution in [0.3, 0.4) is 0 Å². The Labute approximate surface area is 123 Å². The first-order chi connectivity index (χ1) is 9.38. The fourth-order valence-corrected chi connectivity index (χ4v) is 1.45. The number of hydrogen-bond acceptors (Lipinski definition) is 5. The maximum absolute atomic E-state index is 11.4. The van der Waals surface area contributed by atoms with E-state index in [1.165, 1.54) is 6.92 Å². The van der Waals surface area contributed by atoms with Gasteiger partial charge in [-0.1, -0.05) is 15.9 Å². The largest absolute Gasteiger partial charge is 0.482 e. The molecule has 20 heavy (non-hydrogen) atoms. The number of carbonyl (C=O) groups is 3. The molecule has 1 atom stereocenters. The van der Waals surface area contributed by atoms with E-state index in [9.17, 15) is 14.4 Å². The third-order valence-corrected chi connectivity index (χ3v) is 2.62. The lowest BCUT2D eigenvalue weighted by molar-refractivity contribution is -0.156. The van der Waals surface area contributed by atoms with E-state index in [1.54, 1.807) is 29.6 Å². The van der Waals surface area contributed by atoms with E-state index in [2.05, 4.69) is 15.9 Å². The summed E-state index contributed by atoms with van der Waals surface area (Å²) in [5.74, 6) is -1.05. The van der Waals surface area contributed by atoms with Crippen molar-refractivity contribution in [1.29, 1.82) is 0 Å². The average molecular weight is 345 g/mol. The summed E-state index contributed by atoms with van der Waals surface area (Å²) < 4.78 is 10.8. The van der Waals surface area contributed by atoms with Crippen LogP contribution in [0.1, 0.15) is 6.92 Å². The van der Waals surface area contributed by atoms with Gasteiger partial charge < -0.3 is 15.2 Å². The van der Waals surface area contributed by atoms with Crippen LogP contribution in [0, 0.1) is 0 Å². The summed E-state index contributed by atoms with van der Waals surface area (Å²) >= 11 is 3.26. The molecule has 0 saturated heterocycles. The molecule has 7 nitrogen and oxygen atoms in total. The number of imide groups is 1. The van der Waals surface area contributed by atoms with Gasteiger partial charge in [0.1, 0.15) is 5.75 Å². The Balaban J connectivity index is 2.38. The summed E-state index contributed by atoms with van der Waals surface area (Å²) in [5, 5.41) is 1.80. The van der Waals surface area contributed by atoms with Gasteiger partial charge >= 0.3 is 12.0 Å². The van der Waals surface area contributed by atoms with Crippen molar-refractivity contribution in [1.82, 2.24) is 5.32 Å². The second-order valence-electron chi connectivity index (χ2n) is 3.73. The maximum Gasteiger partial charge on any atom is 0.344 e. The number of esters is 1. The summed E-state index contributed by atoms with van der Waals surface area (Å²) in [5.41, 5.74) is 4.77. The standard InChI is InChI=1S/C12H13BrN2O5/c1-7(11(17)15-12(14)18)20-10(16)6-19-9-4-2-8(13)3-5-9/h2-5,7H,6H2,1H3,(H3,14,15,17,18). The molecule has 3 N–H and O–H groups in total. The summed E-state index contributed by atoms with van der Waals surface area (Å²) in [6.45, 7) is 0.964.